The fraction of sp³-hybridized carbons (Fsp3) is 0.200. The molecule has 0 unspecified atom stereocenters. The van der Waals surface area contributed by atoms with Crippen molar-refractivity contribution in [1.82, 2.24) is 4.90 Å². The minimum absolute atomic E-state index is 0.231. The van der Waals surface area contributed by atoms with E-state index in [1.54, 1.807) is 6.08 Å². The summed E-state index contributed by atoms with van der Waals surface area (Å²) >= 11 is 4.46. The van der Waals surface area contributed by atoms with Gasteiger partial charge in [0.1, 0.15) is 0 Å². The number of benzene rings is 2. The first kappa shape index (κ1) is 18.0. The van der Waals surface area contributed by atoms with Crippen molar-refractivity contribution < 1.29 is 9.59 Å². The van der Waals surface area contributed by atoms with Crippen molar-refractivity contribution >= 4 is 44.9 Å². The van der Waals surface area contributed by atoms with Crippen LogP contribution >= 0.6 is 27.7 Å². The number of hydrogen-bond donors (Lipinski definition) is 0. The first-order chi connectivity index (χ1) is 12.0. The third-order valence-corrected chi connectivity index (χ3v) is 5.74. The van der Waals surface area contributed by atoms with Crippen molar-refractivity contribution in [2.45, 2.75) is 26.3 Å². The number of halogens is 1. The molecule has 0 aliphatic carbocycles. The Kier molecular flexibility index (Phi) is 5.45. The second-order valence-electron chi connectivity index (χ2n) is 6.18. The van der Waals surface area contributed by atoms with Crippen LogP contribution in [0.1, 0.15) is 36.5 Å². The molecule has 3 rings (SSSR count). The van der Waals surface area contributed by atoms with Gasteiger partial charge < -0.3 is 0 Å². The largest absolute Gasteiger partial charge is 0.293 e. The summed E-state index contributed by atoms with van der Waals surface area (Å²) in [6.07, 6.45) is 1.79. The Morgan fingerprint density at radius 1 is 1.08 bits per heavy atom. The highest BCUT2D eigenvalue weighted by molar-refractivity contribution is 9.10. The van der Waals surface area contributed by atoms with Gasteiger partial charge in [-0.2, -0.15) is 0 Å². The van der Waals surface area contributed by atoms with Crippen LogP contribution in [0.4, 0.5) is 4.79 Å². The molecule has 1 aliphatic rings. The summed E-state index contributed by atoms with van der Waals surface area (Å²) in [5.41, 5.74) is 3.09. The van der Waals surface area contributed by atoms with Gasteiger partial charge in [0.15, 0.2) is 0 Å². The van der Waals surface area contributed by atoms with Crippen LogP contribution in [0.5, 0.6) is 0 Å². The Morgan fingerprint density at radius 3 is 2.40 bits per heavy atom. The van der Waals surface area contributed by atoms with Crippen molar-refractivity contribution in [1.29, 1.82) is 0 Å². The van der Waals surface area contributed by atoms with Crippen molar-refractivity contribution in [3.05, 3.63) is 74.6 Å². The minimum Gasteiger partial charge on any atom is -0.268 e. The monoisotopic (exact) mass is 415 g/mol. The standard InChI is InChI=1S/C20H18BrNO2S/c1-13(2)15-9-7-14(8-10-15)11-18-19(23)22(20(24)25-18)12-16-5-3-4-6-17(16)21/h3-11,13H,12H2,1-2H3/b18-11+. The predicted molar refractivity (Wildman–Crippen MR) is 106 cm³/mol. The van der Waals surface area contributed by atoms with Crippen LogP contribution in [0, 0.1) is 0 Å². The third kappa shape index (κ3) is 4.05. The van der Waals surface area contributed by atoms with Crippen LogP contribution in [-0.2, 0) is 11.3 Å². The quantitative estimate of drug-likeness (QED) is 0.591. The lowest BCUT2D eigenvalue weighted by molar-refractivity contribution is -0.123. The van der Waals surface area contributed by atoms with Gasteiger partial charge in [0, 0.05) is 4.47 Å². The molecule has 0 N–H and O–H groups in total. The zero-order chi connectivity index (χ0) is 18.0. The lowest BCUT2D eigenvalue weighted by atomic mass is 10.0. The summed E-state index contributed by atoms with van der Waals surface area (Å²) < 4.78 is 0.891. The van der Waals surface area contributed by atoms with E-state index in [1.165, 1.54) is 10.5 Å². The summed E-state index contributed by atoms with van der Waals surface area (Å²) in [5, 5.41) is -0.231. The van der Waals surface area contributed by atoms with E-state index < -0.39 is 0 Å². The first-order valence-corrected chi connectivity index (χ1v) is 9.65. The zero-order valence-electron chi connectivity index (χ0n) is 14.0. The molecule has 3 nitrogen and oxygen atoms in total. The van der Waals surface area contributed by atoms with Gasteiger partial charge >= 0.3 is 0 Å². The molecule has 0 saturated carbocycles. The molecule has 2 aromatic rings. The molecule has 0 aromatic heterocycles. The first-order valence-electron chi connectivity index (χ1n) is 8.04. The van der Waals surface area contributed by atoms with Crippen LogP contribution in [0.3, 0.4) is 0 Å². The number of rotatable bonds is 4. The molecule has 2 amide bonds. The number of hydrogen-bond acceptors (Lipinski definition) is 3. The Labute approximate surface area is 160 Å². The maximum absolute atomic E-state index is 12.6. The Bertz CT molecular complexity index is 843. The molecular formula is C20H18BrNO2S. The maximum Gasteiger partial charge on any atom is 0.293 e. The summed E-state index contributed by atoms with van der Waals surface area (Å²) in [5.74, 6) is 0.226. The zero-order valence-corrected chi connectivity index (χ0v) is 16.4. The molecule has 2 aromatic carbocycles. The van der Waals surface area contributed by atoms with E-state index in [0.29, 0.717) is 10.8 Å². The second-order valence-corrected chi connectivity index (χ2v) is 8.03. The highest BCUT2D eigenvalue weighted by atomic mass is 79.9. The fourth-order valence-electron chi connectivity index (χ4n) is 2.56. The normalized spacial score (nSPS) is 16.3. The van der Waals surface area contributed by atoms with Gasteiger partial charge in [-0.25, -0.2) is 0 Å². The minimum atomic E-state index is -0.237. The van der Waals surface area contributed by atoms with E-state index in [2.05, 4.69) is 41.9 Å². The van der Waals surface area contributed by atoms with Crippen molar-refractivity contribution in [3.63, 3.8) is 0 Å². The molecule has 128 valence electrons. The average molecular weight is 416 g/mol. The number of amides is 2. The number of thioether (sulfide) groups is 1. The van der Waals surface area contributed by atoms with Crippen LogP contribution in [0.15, 0.2) is 57.9 Å². The highest BCUT2D eigenvalue weighted by Crippen LogP contribution is 2.34. The summed E-state index contributed by atoms with van der Waals surface area (Å²) in [7, 11) is 0. The fourth-order valence-corrected chi connectivity index (χ4v) is 3.81. The Balaban J connectivity index is 1.79. The highest BCUT2D eigenvalue weighted by Gasteiger charge is 2.35. The van der Waals surface area contributed by atoms with Gasteiger partial charge in [0.05, 0.1) is 11.4 Å². The molecule has 0 spiro atoms. The van der Waals surface area contributed by atoms with Crippen LogP contribution in [-0.4, -0.2) is 16.0 Å². The number of nitrogens with zero attached hydrogens (tertiary/aromatic N) is 1. The molecule has 0 bridgehead atoms. The van der Waals surface area contributed by atoms with Crippen molar-refractivity contribution in [2.24, 2.45) is 0 Å². The third-order valence-electron chi connectivity index (χ3n) is 4.06. The van der Waals surface area contributed by atoms with Gasteiger partial charge in [-0.1, -0.05) is 72.2 Å². The van der Waals surface area contributed by atoms with Crippen molar-refractivity contribution in [2.75, 3.05) is 0 Å². The number of carbonyl (C=O) groups is 2. The van der Waals surface area contributed by atoms with E-state index >= 15 is 0 Å². The summed E-state index contributed by atoms with van der Waals surface area (Å²) in [6.45, 7) is 4.56. The molecule has 1 heterocycles. The number of imide groups is 1. The van der Waals surface area contributed by atoms with Crippen LogP contribution in [0.2, 0.25) is 0 Å². The molecule has 1 aliphatic heterocycles. The van der Waals surface area contributed by atoms with Gasteiger partial charge in [-0.15, -0.1) is 0 Å². The van der Waals surface area contributed by atoms with Crippen molar-refractivity contribution in [3.8, 4) is 0 Å². The van der Waals surface area contributed by atoms with E-state index in [9.17, 15) is 9.59 Å². The molecule has 25 heavy (non-hydrogen) atoms. The van der Waals surface area contributed by atoms with Gasteiger partial charge in [0.2, 0.25) is 0 Å². The van der Waals surface area contributed by atoms with E-state index in [0.717, 1.165) is 27.4 Å². The molecule has 1 saturated heterocycles. The lowest BCUT2D eigenvalue weighted by Crippen LogP contribution is -2.27. The van der Waals surface area contributed by atoms with Crippen LogP contribution in [0.25, 0.3) is 6.08 Å². The predicted octanol–water partition coefficient (Wildman–Crippen LogP) is 5.81. The smallest absolute Gasteiger partial charge is 0.268 e. The topological polar surface area (TPSA) is 37.4 Å². The van der Waals surface area contributed by atoms with E-state index in [4.69, 9.17) is 0 Å². The molecule has 1 fully saturated rings. The molecule has 5 heteroatoms. The lowest BCUT2D eigenvalue weighted by Gasteiger charge is -2.13. The Morgan fingerprint density at radius 2 is 1.76 bits per heavy atom. The Hall–Kier alpha value is -1.85. The molecule has 0 atom stereocenters. The summed E-state index contributed by atoms with van der Waals surface area (Å²) in [6, 6.07) is 15.7. The van der Waals surface area contributed by atoms with Gasteiger partial charge in [-0.3, -0.25) is 14.5 Å². The average Bonchev–Trinajstić information content (AvgIpc) is 2.85. The molecular weight excluding hydrogens is 398 g/mol. The van der Waals surface area contributed by atoms with Crippen LogP contribution < -0.4 is 0 Å². The number of carbonyl (C=O) groups excluding carboxylic acids is 2. The summed E-state index contributed by atoms with van der Waals surface area (Å²) in [4.78, 5) is 26.6. The van der Waals surface area contributed by atoms with E-state index in [1.807, 2.05) is 36.4 Å². The van der Waals surface area contributed by atoms with E-state index in [-0.39, 0.29) is 17.7 Å². The van der Waals surface area contributed by atoms with Gasteiger partial charge in [-0.05, 0) is 46.5 Å². The second kappa shape index (κ2) is 7.58. The maximum atomic E-state index is 12.6. The van der Waals surface area contributed by atoms with Gasteiger partial charge in [0.25, 0.3) is 11.1 Å². The molecule has 0 radical (unpaired) electrons. The SMILES string of the molecule is CC(C)c1ccc(/C=C2/SC(=O)N(Cc3ccccc3Br)C2=O)cc1.